The maximum atomic E-state index is 11.3. The molecule has 3 N–H and O–H groups in total. The van der Waals surface area contributed by atoms with E-state index in [2.05, 4.69) is 46.3 Å². The fourth-order valence-electron chi connectivity index (χ4n) is 4.43. The zero-order valence-electron chi connectivity index (χ0n) is 18.3. The Balaban J connectivity index is 0.00000320. The molecule has 6 nitrogen and oxygen atoms in total. The number of benzene rings is 1. The molecule has 1 aromatic carbocycles. The number of likely N-dealkylation sites (tertiary alicyclic amines) is 2. The molecule has 0 saturated carbocycles. The number of nitrogens with zero attached hydrogens (tertiary/aromatic N) is 3. The number of piperidine rings is 2. The molecule has 0 bridgehead atoms. The minimum Gasteiger partial charge on any atom is -0.370 e. The molecule has 7 heteroatoms. The van der Waals surface area contributed by atoms with Gasteiger partial charge in [0.2, 0.25) is 5.91 Å². The number of nitrogens with two attached hydrogens (primary N) is 1. The van der Waals surface area contributed by atoms with Gasteiger partial charge < -0.3 is 16.0 Å². The fraction of sp³-hybridized carbons (Fsp3) is 0.652. The van der Waals surface area contributed by atoms with E-state index in [-0.39, 0.29) is 29.9 Å². The second-order valence-corrected chi connectivity index (χ2v) is 8.45. The van der Waals surface area contributed by atoms with Crippen LogP contribution in [0.2, 0.25) is 0 Å². The van der Waals surface area contributed by atoms with E-state index >= 15 is 0 Å². The van der Waals surface area contributed by atoms with Crippen LogP contribution in [0.4, 0.5) is 0 Å². The Hall–Kier alpha value is -1.35. The first-order valence-corrected chi connectivity index (χ1v) is 11.3. The Kier molecular flexibility index (Phi) is 10.9. The van der Waals surface area contributed by atoms with Gasteiger partial charge in [-0.2, -0.15) is 0 Å². The number of hydrogen-bond acceptors (Lipinski definition) is 3. The zero-order chi connectivity index (χ0) is 20.5. The van der Waals surface area contributed by atoms with Gasteiger partial charge in [-0.25, -0.2) is 4.99 Å². The highest BCUT2D eigenvalue weighted by Gasteiger charge is 2.23. The lowest BCUT2D eigenvalue weighted by molar-refractivity contribution is -0.119. The lowest BCUT2D eigenvalue weighted by Gasteiger charge is -2.34. The van der Waals surface area contributed by atoms with Gasteiger partial charge in [0.15, 0.2) is 5.96 Å². The Labute approximate surface area is 198 Å². The normalized spacial score (nSPS) is 20.5. The van der Waals surface area contributed by atoms with Crippen molar-refractivity contribution in [3.05, 3.63) is 35.4 Å². The largest absolute Gasteiger partial charge is 0.370 e. The molecular formula is C23H38IN5O. The van der Waals surface area contributed by atoms with E-state index in [1.165, 1.54) is 43.5 Å². The molecule has 1 amide bonds. The lowest BCUT2D eigenvalue weighted by atomic mass is 9.95. The van der Waals surface area contributed by atoms with Gasteiger partial charge in [0, 0.05) is 32.6 Å². The number of nitrogens with one attached hydrogen (secondary N) is 1. The molecule has 0 spiro atoms. The molecule has 3 rings (SSSR count). The van der Waals surface area contributed by atoms with Crippen LogP contribution in [0.15, 0.2) is 29.3 Å². The number of halogens is 1. The number of guanidine groups is 1. The van der Waals surface area contributed by atoms with E-state index in [0.29, 0.717) is 18.9 Å². The lowest BCUT2D eigenvalue weighted by Crippen LogP contribution is -2.47. The smallest absolute Gasteiger partial charge is 0.217 e. The first kappa shape index (κ1) is 24.9. The molecule has 1 aromatic rings. The Morgan fingerprint density at radius 3 is 2.47 bits per heavy atom. The Bertz CT molecular complexity index is 673. The first-order valence-electron chi connectivity index (χ1n) is 11.3. The van der Waals surface area contributed by atoms with Gasteiger partial charge in [0.05, 0.1) is 6.54 Å². The van der Waals surface area contributed by atoms with Crippen molar-refractivity contribution < 1.29 is 4.79 Å². The van der Waals surface area contributed by atoms with Crippen LogP contribution in [0.3, 0.4) is 0 Å². The third-order valence-corrected chi connectivity index (χ3v) is 5.93. The highest BCUT2D eigenvalue weighted by atomic mass is 127. The van der Waals surface area contributed by atoms with Crippen molar-refractivity contribution in [2.45, 2.75) is 58.5 Å². The van der Waals surface area contributed by atoms with Crippen molar-refractivity contribution in [2.24, 2.45) is 16.6 Å². The van der Waals surface area contributed by atoms with Gasteiger partial charge in [-0.3, -0.25) is 9.69 Å². The fourth-order valence-corrected chi connectivity index (χ4v) is 4.43. The van der Waals surface area contributed by atoms with Crippen molar-refractivity contribution in [3.63, 3.8) is 0 Å². The summed E-state index contributed by atoms with van der Waals surface area (Å²) in [6.07, 6.45) is 6.65. The zero-order valence-corrected chi connectivity index (χ0v) is 20.6. The predicted molar refractivity (Wildman–Crippen MR) is 134 cm³/mol. The number of aliphatic imine (C=N–C) groups is 1. The van der Waals surface area contributed by atoms with E-state index in [0.717, 1.165) is 45.0 Å². The maximum absolute atomic E-state index is 11.3. The first-order chi connectivity index (χ1) is 14.1. The number of carbonyl (C=O) groups excluding carboxylic acids is 1. The molecule has 2 fully saturated rings. The molecule has 2 heterocycles. The standard InChI is InChI=1S/C23H37N5O.HI/c1-2-25-23(28-14-6-7-21(18-28)15-22(24)29)26-16-19-8-10-20(11-9-19)17-27-12-4-3-5-13-27;/h8-11,21H,2-7,12-18H2,1H3,(H2,24,29)(H,25,26);1H. The van der Waals surface area contributed by atoms with Gasteiger partial charge in [-0.15, -0.1) is 24.0 Å². The second kappa shape index (κ2) is 13.1. The summed E-state index contributed by atoms with van der Waals surface area (Å²) in [5.74, 6) is 1.07. The van der Waals surface area contributed by atoms with Crippen LogP contribution < -0.4 is 11.1 Å². The SMILES string of the molecule is CCNC(=NCc1ccc(CN2CCCCC2)cc1)N1CCCC(CC(N)=O)C1.I. The van der Waals surface area contributed by atoms with Crippen molar-refractivity contribution in [1.82, 2.24) is 15.1 Å². The molecule has 0 aromatic heterocycles. The molecule has 168 valence electrons. The molecule has 30 heavy (non-hydrogen) atoms. The van der Waals surface area contributed by atoms with Crippen LogP contribution in [0, 0.1) is 5.92 Å². The van der Waals surface area contributed by atoms with Crippen LogP contribution >= 0.6 is 24.0 Å². The summed E-state index contributed by atoms with van der Waals surface area (Å²) >= 11 is 0. The number of hydrogen-bond donors (Lipinski definition) is 2. The highest BCUT2D eigenvalue weighted by molar-refractivity contribution is 14.0. The summed E-state index contributed by atoms with van der Waals surface area (Å²) in [7, 11) is 0. The van der Waals surface area contributed by atoms with E-state index in [1.807, 2.05) is 0 Å². The van der Waals surface area contributed by atoms with Gasteiger partial charge in [-0.1, -0.05) is 30.7 Å². The van der Waals surface area contributed by atoms with Gasteiger partial charge in [-0.05, 0) is 62.7 Å². The second-order valence-electron chi connectivity index (χ2n) is 8.45. The third kappa shape index (κ3) is 8.06. The number of amides is 1. The predicted octanol–water partition coefficient (Wildman–Crippen LogP) is 3.34. The molecule has 2 aliphatic heterocycles. The molecular weight excluding hydrogens is 489 g/mol. The Morgan fingerprint density at radius 1 is 1.10 bits per heavy atom. The van der Waals surface area contributed by atoms with Crippen LogP contribution in [-0.4, -0.2) is 54.4 Å². The molecule has 2 saturated heterocycles. The summed E-state index contributed by atoms with van der Waals surface area (Å²) in [4.78, 5) is 21.0. The minimum atomic E-state index is -0.205. The van der Waals surface area contributed by atoms with E-state index in [4.69, 9.17) is 10.7 Å². The van der Waals surface area contributed by atoms with Crippen LogP contribution in [0.25, 0.3) is 0 Å². The van der Waals surface area contributed by atoms with Crippen molar-refractivity contribution in [3.8, 4) is 0 Å². The summed E-state index contributed by atoms with van der Waals surface area (Å²) in [5.41, 5.74) is 8.02. The summed E-state index contributed by atoms with van der Waals surface area (Å²) in [5, 5.41) is 3.42. The average Bonchev–Trinajstić information content (AvgIpc) is 2.73. The van der Waals surface area contributed by atoms with Gasteiger partial charge in [0.1, 0.15) is 0 Å². The maximum Gasteiger partial charge on any atom is 0.217 e. The van der Waals surface area contributed by atoms with E-state index in [9.17, 15) is 4.79 Å². The topological polar surface area (TPSA) is 74.0 Å². The molecule has 1 atom stereocenters. The monoisotopic (exact) mass is 527 g/mol. The molecule has 2 aliphatic rings. The van der Waals surface area contributed by atoms with Crippen LogP contribution in [0.5, 0.6) is 0 Å². The highest BCUT2D eigenvalue weighted by Crippen LogP contribution is 2.20. The third-order valence-electron chi connectivity index (χ3n) is 5.93. The summed E-state index contributed by atoms with van der Waals surface area (Å²) in [6.45, 7) is 8.94. The number of rotatable bonds is 7. The van der Waals surface area contributed by atoms with Crippen LogP contribution in [-0.2, 0) is 17.9 Å². The minimum absolute atomic E-state index is 0. The van der Waals surface area contributed by atoms with Crippen molar-refractivity contribution in [2.75, 3.05) is 32.7 Å². The quantitative estimate of drug-likeness (QED) is 0.324. The average molecular weight is 527 g/mol. The molecule has 1 unspecified atom stereocenters. The summed E-state index contributed by atoms with van der Waals surface area (Å²) in [6, 6.07) is 8.91. The number of carbonyl (C=O) groups is 1. The van der Waals surface area contributed by atoms with Crippen molar-refractivity contribution >= 4 is 35.8 Å². The van der Waals surface area contributed by atoms with E-state index < -0.39 is 0 Å². The van der Waals surface area contributed by atoms with Gasteiger partial charge in [0.25, 0.3) is 0 Å². The molecule has 0 aliphatic carbocycles. The van der Waals surface area contributed by atoms with Crippen molar-refractivity contribution in [1.29, 1.82) is 0 Å². The Morgan fingerprint density at radius 2 is 1.80 bits per heavy atom. The van der Waals surface area contributed by atoms with Crippen LogP contribution in [0.1, 0.15) is 56.6 Å². The molecule has 0 radical (unpaired) electrons. The van der Waals surface area contributed by atoms with Gasteiger partial charge >= 0.3 is 0 Å². The number of primary amides is 1. The van der Waals surface area contributed by atoms with E-state index in [1.54, 1.807) is 0 Å². The summed E-state index contributed by atoms with van der Waals surface area (Å²) < 4.78 is 0.